The molecule has 6 nitrogen and oxygen atoms in total. The van der Waals surface area contributed by atoms with E-state index in [4.69, 9.17) is 10.3 Å². The zero-order valence-electron chi connectivity index (χ0n) is 17.6. The zero-order valence-corrected chi connectivity index (χ0v) is 17.6. The lowest BCUT2D eigenvalue weighted by Crippen LogP contribution is -2.32. The third-order valence-electron chi connectivity index (χ3n) is 5.93. The minimum atomic E-state index is 0.121. The van der Waals surface area contributed by atoms with Crippen LogP contribution in [0.15, 0.2) is 47.7 Å². The summed E-state index contributed by atoms with van der Waals surface area (Å²) in [4.78, 5) is 14.9. The second-order valence-corrected chi connectivity index (χ2v) is 8.06. The largest absolute Gasteiger partial charge is 0.392 e. The highest BCUT2D eigenvalue weighted by Gasteiger charge is 2.31. The van der Waals surface area contributed by atoms with Gasteiger partial charge in [0.1, 0.15) is 5.70 Å². The molecule has 2 aliphatic rings. The van der Waals surface area contributed by atoms with E-state index >= 15 is 0 Å². The Bertz CT molecular complexity index is 975. The molecule has 2 aromatic carbocycles. The van der Waals surface area contributed by atoms with Crippen LogP contribution >= 0.6 is 0 Å². The molecule has 0 bridgehead atoms. The van der Waals surface area contributed by atoms with Crippen molar-refractivity contribution in [1.82, 2.24) is 10.2 Å². The summed E-state index contributed by atoms with van der Waals surface area (Å²) in [5, 5.41) is 6.48. The van der Waals surface area contributed by atoms with Crippen LogP contribution in [0.5, 0.6) is 0 Å². The number of carbonyl (C=O) groups is 1. The van der Waals surface area contributed by atoms with Crippen LogP contribution in [0.1, 0.15) is 51.0 Å². The molecule has 1 unspecified atom stereocenters. The first kappa shape index (κ1) is 20.3. The van der Waals surface area contributed by atoms with E-state index in [1.54, 1.807) is 13.2 Å². The SMILES string of the molecule is CN/C=C(\N=N)c1ccc(Cc2cc3c(cc2C)CN(CC2CCCO2)C3=O)cc1. The molecule has 6 heteroatoms. The Morgan fingerprint density at radius 3 is 2.80 bits per heavy atom. The van der Waals surface area contributed by atoms with Gasteiger partial charge in [-0.15, -0.1) is 0 Å². The lowest BCUT2D eigenvalue weighted by molar-refractivity contribution is 0.0545. The van der Waals surface area contributed by atoms with Crippen molar-refractivity contribution in [3.05, 3.63) is 76.0 Å². The van der Waals surface area contributed by atoms with E-state index < -0.39 is 0 Å². The number of amides is 1. The normalized spacial score (nSPS) is 18.6. The van der Waals surface area contributed by atoms with Crippen molar-refractivity contribution in [2.75, 3.05) is 20.2 Å². The molecule has 1 amide bonds. The highest BCUT2D eigenvalue weighted by molar-refractivity contribution is 5.98. The number of hydrogen-bond donors (Lipinski definition) is 2. The summed E-state index contributed by atoms with van der Waals surface area (Å²) in [6, 6.07) is 12.3. The first-order valence-electron chi connectivity index (χ1n) is 10.5. The van der Waals surface area contributed by atoms with Crippen LogP contribution in [-0.4, -0.2) is 37.1 Å². The van der Waals surface area contributed by atoms with Crippen molar-refractivity contribution in [2.45, 2.75) is 38.8 Å². The summed E-state index contributed by atoms with van der Waals surface area (Å²) in [5.41, 5.74) is 14.3. The van der Waals surface area contributed by atoms with Gasteiger partial charge in [-0.2, -0.15) is 5.11 Å². The number of benzene rings is 2. The predicted molar refractivity (Wildman–Crippen MR) is 116 cm³/mol. The lowest BCUT2D eigenvalue weighted by Gasteiger charge is -2.19. The first-order valence-corrected chi connectivity index (χ1v) is 10.5. The number of nitrogens with zero attached hydrogens (tertiary/aromatic N) is 2. The molecular formula is C24H28N4O2. The smallest absolute Gasteiger partial charge is 0.254 e. The molecule has 2 heterocycles. The molecule has 1 saturated heterocycles. The number of aryl methyl sites for hydroxylation is 1. The maximum absolute atomic E-state index is 12.9. The van der Waals surface area contributed by atoms with E-state index in [0.717, 1.165) is 48.1 Å². The first-order chi connectivity index (χ1) is 14.6. The Labute approximate surface area is 177 Å². The molecule has 30 heavy (non-hydrogen) atoms. The zero-order chi connectivity index (χ0) is 21.1. The molecule has 1 fully saturated rings. The maximum Gasteiger partial charge on any atom is 0.254 e. The molecule has 0 saturated carbocycles. The Morgan fingerprint density at radius 2 is 2.13 bits per heavy atom. The molecule has 4 rings (SSSR count). The van der Waals surface area contributed by atoms with Gasteiger partial charge in [-0.3, -0.25) is 4.79 Å². The van der Waals surface area contributed by atoms with Crippen molar-refractivity contribution in [3.63, 3.8) is 0 Å². The van der Waals surface area contributed by atoms with E-state index in [-0.39, 0.29) is 12.0 Å². The van der Waals surface area contributed by atoms with Crippen LogP contribution < -0.4 is 5.32 Å². The Hall–Kier alpha value is -2.99. The molecule has 0 aliphatic carbocycles. The Balaban J connectivity index is 1.50. The van der Waals surface area contributed by atoms with Crippen molar-refractivity contribution >= 4 is 11.6 Å². The minimum absolute atomic E-state index is 0.121. The van der Waals surface area contributed by atoms with E-state index in [9.17, 15) is 4.79 Å². The third-order valence-corrected chi connectivity index (χ3v) is 5.93. The summed E-state index contributed by atoms with van der Waals surface area (Å²) >= 11 is 0. The number of hydrogen-bond acceptors (Lipinski definition) is 5. The van der Waals surface area contributed by atoms with Gasteiger partial charge in [0.2, 0.25) is 0 Å². The molecule has 0 spiro atoms. The third kappa shape index (κ3) is 4.14. The molecule has 2 N–H and O–H groups in total. The average Bonchev–Trinajstić information content (AvgIpc) is 3.36. The average molecular weight is 405 g/mol. The van der Waals surface area contributed by atoms with Gasteiger partial charge < -0.3 is 15.0 Å². The Morgan fingerprint density at radius 1 is 1.33 bits per heavy atom. The van der Waals surface area contributed by atoms with Gasteiger partial charge in [0.15, 0.2) is 0 Å². The standard InChI is InChI=1S/C24H28N4O2/c1-16-10-20-14-28(15-21-4-3-9-30-21)24(29)22(20)12-19(16)11-17-5-7-18(8-6-17)23(27-25)13-26-2/h5-8,10,12-13,21,25-26H,3-4,9,11,14-15H2,1-2H3/b23-13-,27-25?. The molecule has 156 valence electrons. The molecule has 2 aliphatic heterocycles. The summed E-state index contributed by atoms with van der Waals surface area (Å²) in [6.07, 6.45) is 4.78. The van der Waals surface area contributed by atoms with Gasteiger partial charge in [0, 0.05) is 44.1 Å². The monoisotopic (exact) mass is 404 g/mol. The number of nitrogens with one attached hydrogen (secondary N) is 2. The van der Waals surface area contributed by atoms with Crippen molar-refractivity contribution in [1.29, 1.82) is 5.53 Å². The van der Waals surface area contributed by atoms with Crippen molar-refractivity contribution in [2.24, 2.45) is 5.11 Å². The number of carbonyl (C=O) groups excluding carboxylic acids is 1. The molecular weight excluding hydrogens is 376 g/mol. The van der Waals surface area contributed by atoms with E-state index in [0.29, 0.717) is 18.8 Å². The van der Waals surface area contributed by atoms with Gasteiger partial charge in [-0.05, 0) is 54.5 Å². The van der Waals surface area contributed by atoms with E-state index in [2.05, 4.69) is 41.6 Å². The van der Waals surface area contributed by atoms with E-state index in [1.807, 2.05) is 17.0 Å². The number of rotatable bonds is 7. The van der Waals surface area contributed by atoms with Crippen molar-refractivity contribution < 1.29 is 9.53 Å². The predicted octanol–water partition coefficient (Wildman–Crippen LogP) is 4.27. The van der Waals surface area contributed by atoms with Gasteiger partial charge in [0.05, 0.1) is 6.10 Å². The van der Waals surface area contributed by atoms with Crippen LogP contribution in [0, 0.1) is 12.5 Å². The van der Waals surface area contributed by atoms with Gasteiger partial charge >= 0.3 is 0 Å². The van der Waals surface area contributed by atoms with Crippen LogP contribution in [0.3, 0.4) is 0 Å². The highest BCUT2D eigenvalue weighted by atomic mass is 16.5. The molecule has 0 aromatic heterocycles. The summed E-state index contributed by atoms with van der Waals surface area (Å²) in [7, 11) is 1.79. The fourth-order valence-corrected chi connectivity index (χ4v) is 4.29. The fourth-order valence-electron chi connectivity index (χ4n) is 4.29. The highest BCUT2D eigenvalue weighted by Crippen LogP contribution is 2.29. The summed E-state index contributed by atoms with van der Waals surface area (Å²) in [5.74, 6) is 0.121. The lowest BCUT2D eigenvalue weighted by atomic mass is 9.95. The maximum atomic E-state index is 12.9. The molecule has 2 aromatic rings. The topological polar surface area (TPSA) is 77.8 Å². The second kappa shape index (κ2) is 8.79. The van der Waals surface area contributed by atoms with Gasteiger partial charge in [-0.1, -0.05) is 30.3 Å². The van der Waals surface area contributed by atoms with E-state index in [1.165, 1.54) is 11.1 Å². The quantitative estimate of drug-likeness (QED) is 0.677. The number of fused-ring (bicyclic) bond motifs is 1. The summed E-state index contributed by atoms with van der Waals surface area (Å²) in [6.45, 7) is 4.29. The number of ether oxygens (including phenoxy) is 1. The van der Waals surface area contributed by atoms with Crippen molar-refractivity contribution in [3.8, 4) is 0 Å². The van der Waals surface area contributed by atoms with Gasteiger partial charge in [0.25, 0.3) is 5.91 Å². The second-order valence-electron chi connectivity index (χ2n) is 8.06. The van der Waals surface area contributed by atoms with Crippen LogP contribution in [-0.2, 0) is 17.7 Å². The Kier molecular flexibility index (Phi) is 5.95. The summed E-state index contributed by atoms with van der Waals surface area (Å²) < 4.78 is 5.72. The fraction of sp³-hybridized carbons (Fsp3) is 0.375. The van der Waals surface area contributed by atoms with Crippen LogP contribution in [0.25, 0.3) is 5.70 Å². The molecule has 0 radical (unpaired) electrons. The molecule has 1 atom stereocenters. The van der Waals surface area contributed by atoms with Crippen LogP contribution in [0.4, 0.5) is 0 Å². The van der Waals surface area contributed by atoms with Gasteiger partial charge in [-0.25, -0.2) is 5.53 Å². The van der Waals surface area contributed by atoms with Crippen LogP contribution in [0.2, 0.25) is 0 Å². The minimum Gasteiger partial charge on any atom is -0.392 e.